The molecule has 7 heteroatoms. The highest BCUT2D eigenvalue weighted by Crippen LogP contribution is 2.23. The third kappa shape index (κ3) is 3.13. The third-order valence-corrected chi connectivity index (χ3v) is 4.76. The highest BCUT2D eigenvalue weighted by atomic mass is 35.5. The molecule has 3 rings (SSSR count). The van der Waals surface area contributed by atoms with Crippen LogP contribution in [0.3, 0.4) is 0 Å². The molecule has 1 aromatic carbocycles. The van der Waals surface area contributed by atoms with Crippen molar-refractivity contribution in [3.05, 3.63) is 61.7 Å². The van der Waals surface area contributed by atoms with Gasteiger partial charge in [0.25, 0.3) is 11.5 Å². The normalized spacial score (nSPS) is 10.9. The van der Waals surface area contributed by atoms with Crippen molar-refractivity contribution in [2.45, 2.75) is 13.5 Å². The molecule has 23 heavy (non-hydrogen) atoms. The van der Waals surface area contributed by atoms with Gasteiger partial charge in [-0.05, 0) is 25.1 Å². The highest BCUT2D eigenvalue weighted by Gasteiger charge is 2.20. The Kier molecular flexibility index (Phi) is 4.45. The van der Waals surface area contributed by atoms with Gasteiger partial charge in [0.15, 0.2) is 5.69 Å². The van der Waals surface area contributed by atoms with Gasteiger partial charge in [-0.2, -0.15) is 5.10 Å². The van der Waals surface area contributed by atoms with Crippen molar-refractivity contribution in [2.24, 2.45) is 0 Å². The first-order valence-corrected chi connectivity index (χ1v) is 8.30. The minimum absolute atomic E-state index is 0.218. The Bertz CT molecular complexity index is 919. The van der Waals surface area contributed by atoms with E-state index in [2.05, 4.69) is 10.2 Å². The second-order valence-electron chi connectivity index (χ2n) is 4.97. The minimum Gasteiger partial charge on any atom is -0.332 e. The molecule has 3 aromatic rings. The van der Waals surface area contributed by atoms with E-state index in [1.165, 1.54) is 11.3 Å². The lowest BCUT2D eigenvalue weighted by Crippen LogP contribution is -2.31. The van der Waals surface area contributed by atoms with E-state index >= 15 is 0 Å². The van der Waals surface area contributed by atoms with Gasteiger partial charge >= 0.3 is 0 Å². The summed E-state index contributed by atoms with van der Waals surface area (Å²) in [7, 11) is 0. The number of hydrogen-bond donors (Lipinski definition) is 1. The van der Waals surface area contributed by atoms with Crippen molar-refractivity contribution in [2.75, 3.05) is 6.54 Å². The maximum atomic E-state index is 12.8. The van der Waals surface area contributed by atoms with Gasteiger partial charge in [0.2, 0.25) is 0 Å². The average molecular weight is 348 g/mol. The maximum Gasteiger partial charge on any atom is 0.275 e. The Hall–Kier alpha value is -2.18. The fraction of sp³-hybridized carbons (Fsp3) is 0.188. The van der Waals surface area contributed by atoms with Crippen molar-refractivity contribution in [1.29, 1.82) is 0 Å². The van der Waals surface area contributed by atoms with Gasteiger partial charge < -0.3 is 4.90 Å². The summed E-state index contributed by atoms with van der Waals surface area (Å²) in [5, 5.41) is 7.39. The van der Waals surface area contributed by atoms with Crippen LogP contribution in [0.25, 0.3) is 10.8 Å². The Labute approximate surface area is 141 Å². The molecule has 0 aliphatic carbocycles. The van der Waals surface area contributed by atoms with Crippen LogP contribution in [-0.2, 0) is 6.54 Å². The summed E-state index contributed by atoms with van der Waals surface area (Å²) in [6, 6.07) is 10.7. The summed E-state index contributed by atoms with van der Waals surface area (Å²) in [4.78, 5) is 27.3. The fourth-order valence-corrected chi connectivity index (χ4v) is 3.48. The van der Waals surface area contributed by atoms with E-state index in [1.54, 1.807) is 29.2 Å². The van der Waals surface area contributed by atoms with Gasteiger partial charge in [0.05, 0.1) is 16.3 Å². The molecule has 1 amide bonds. The van der Waals surface area contributed by atoms with Crippen LogP contribution >= 0.6 is 22.9 Å². The predicted octanol–water partition coefficient (Wildman–Crippen LogP) is 3.30. The quantitative estimate of drug-likeness (QED) is 0.787. The van der Waals surface area contributed by atoms with Gasteiger partial charge in [-0.15, -0.1) is 11.3 Å². The number of carbonyl (C=O) groups is 1. The standard InChI is InChI=1S/C16H14ClN3O2S/c1-2-20(9-10-7-8-13(17)23-10)16(22)14-11-5-3-4-6-12(11)15(21)19-18-14/h3-8H,2,9H2,1H3,(H,19,21). The maximum absolute atomic E-state index is 12.8. The molecule has 0 radical (unpaired) electrons. The first-order valence-electron chi connectivity index (χ1n) is 7.11. The monoisotopic (exact) mass is 347 g/mol. The zero-order valence-electron chi connectivity index (χ0n) is 12.4. The number of aromatic amines is 1. The van der Waals surface area contributed by atoms with Crippen LogP contribution in [0, 0.1) is 0 Å². The van der Waals surface area contributed by atoms with Gasteiger partial charge in [0.1, 0.15) is 0 Å². The van der Waals surface area contributed by atoms with Crippen LogP contribution in [0.1, 0.15) is 22.3 Å². The summed E-state index contributed by atoms with van der Waals surface area (Å²) in [6.07, 6.45) is 0. The first-order chi connectivity index (χ1) is 11.1. The Morgan fingerprint density at radius 1 is 1.26 bits per heavy atom. The van der Waals surface area contributed by atoms with E-state index in [0.29, 0.717) is 28.2 Å². The number of nitrogens with one attached hydrogen (secondary N) is 1. The number of halogens is 1. The van der Waals surface area contributed by atoms with E-state index in [-0.39, 0.29) is 17.2 Å². The zero-order chi connectivity index (χ0) is 16.4. The summed E-state index contributed by atoms with van der Waals surface area (Å²) in [5.74, 6) is -0.218. The smallest absolute Gasteiger partial charge is 0.275 e. The van der Waals surface area contributed by atoms with Crippen LogP contribution in [0.2, 0.25) is 4.34 Å². The van der Waals surface area contributed by atoms with E-state index in [0.717, 1.165) is 4.88 Å². The van der Waals surface area contributed by atoms with Crippen LogP contribution in [-0.4, -0.2) is 27.5 Å². The average Bonchev–Trinajstić information content (AvgIpc) is 2.98. The Morgan fingerprint density at radius 3 is 2.65 bits per heavy atom. The summed E-state index contributed by atoms with van der Waals surface area (Å²) in [6.45, 7) is 2.90. The van der Waals surface area contributed by atoms with Crippen LogP contribution < -0.4 is 5.56 Å². The molecule has 2 aromatic heterocycles. The lowest BCUT2D eigenvalue weighted by molar-refractivity contribution is 0.0749. The molecule has 0 aliphatic rings. The molecule has 0 bridgehead atoms. The number of carbonyl (C=O) groups excluding carboxylic acids is 1. The van der Waals surface area contributed by atoms with Crippen LogP contribution in [0.5, 0.6) is 0 Å². The van der Waals surface area contributed by atoms with Gasteiger partial charge in [-0.25, -0.2) is 5.10 Å². The lowest BCUT2D eigenvalue weighted by Gasteiger charge is -2.20. The molecular weight excluding hydrogens is 334 g/mol. The molecule has 0 saturated heterocycles. The van der Waals surface area contributed by atoms with Crippen LogP contribution in [0.4, 0.5) is 0 Å². The molecule has 2 heterocycles. The molecule has 0 saturated carbocycles. The number of rotatable bonds is 4. The van der Waals surface area contributed by atoms with Crippen LogP contribution in [0.15, 0.2) is 41.2 Å². The van der Waals surface area contributed by atoms with Gasteiger partial charge in [0, 0.05) is 16.8 Å². The lowest BCUT2D eigenvalue weighted by atomic mass is 10.1. The molecule has 0 atom stereocenters. The highest BCUT2D eigenvalue weighted by molar-refractivity contribution is 7.16. The Balaban J connectivity index is 1.98. The van der Waals surface area contributed by atoms with Crippen molar-refractivity contribution in [3.8, 4) is 0 Å². The molecule has 118 valence electrons. The number of amides is 1. The zero-order valence-corrected chi connectivity index (χ0v) is 13.9. The second-order valence-corrected chi connectivity index (χ2v) is 6.77. The first kappa shape index (κ1) is 15.7. The van der Waals surface area contributed by atoms with Crippen molar-refractivity contribution < 1.29 is 4.79 Å². The number of thiophene rings is 1. The Morgan fingerprint density at radius 2 is 2.00 bits per heavy atom. The summed E-state index contributed by atoms with van der Waals surface area (Å²) >= 11 is 7.39. The van der Waals surface area contributed by atoms with Gasteiger partial charge in [-0.3, -0.25) is 9.59 Å². The number of H-pyrrole nitrogens is 1. The van der Waals surface area contributed by atoms with E-state index in [1.807, 2.05) is 19.1 Å². The largest absolute Gasteiger partial charge is 0.332 e. The molecule has 0 fully saturated rings. The number of aromatic nitrogens is 2. The minimum atomic E-state index is -0.301. The molecular formula is C16H14ClN3O2S. The number of hydrogen-bond acceptors (Lipinski definition) is 4. The topological polar surface area (TPSA) is 66.1 Å². The van der Waals surface area contributed by atoms with Crippen molar-refractivity contribution >= 4 is 39.6 Å². The molecule has 0 aliphatic heterocycles. The fourth-order valence-electron chi connectivity index (χ4n) is 2.38. The number of benzene rings is 1. The predicted molar refractivity (Wildman–Crippen MR) is 92.1 cm³/mol. The molecule has 0 unspecified atom stereocenters. The SMILES string of the molecule is CCN(Cc1ccc(Cl)s1)C(=O)c1n[nH]c(=O)c2ccccc12. The summed E-state index contributed by atoms with van der Waals surface area (Å²) in [5.41, 5.74) is -0.0464. The summed E-state index contributed by atoms with van der Waals surface area (Å²) < 4.78 is 0.691. The molecule has 5 nitrogen and oxygen atoms in total. The van der Waals surface area contributed by atoms with E-state index in [4.69, 9.17) is 11.6 Å². The van der Waals surface area contributed by atoms with Gasteiger partial charge in [-0.1, -0.05) is 29.8 Å². The van der Waals surface area contributed by atoms with Crippen molar-refractivity contribution in [3.63, 3.8) is 0 Å². The van der Waals surface area contributed by atoms with Crippen molar-refractivity contribution in [1.82, 2.24) is 15.1 Å². The third-order valence-electron chi connectivity index (χ3n) is 3.54. The number of nitrogens with zero attached hydrogens (tertiary/aromatic N) is 2. The van der Waals surface area contributed by atoms with E-state index in [9.17, 15) is 9.59 Å². The second kappa shape index (κ2) is 6.52. The molecule has 0 spiro atoms. The molecule has 1 N–H and O–H groups in total. The number of fused-ring (bicyclic) bond motifs is 1. The van der Waals surface area contributed by atoms with E-state index < -0.39 is 0 Å².